The Bertz CT molecular complexity index is 968. The normalized spacial score (nSPS) is 20.1. The zero-order valence-corrected chi connectivity index (χ0v) is 21.4. The van der Waals surface area contributed by atoms with Crippen molar-refractivity contribution in [2.75, 3.05) is 20.7 Å². The molecule has 0 aliphatic carbocycles. The van der Waals surface area contributed by atoms with Crippen LogP contribution in [0.3, 0.4) is 0 Å². The van der Waals surface area contributed by atoms with Crippen LogP contribution in [0.5, 0.6) is 5.75 Å². The zero-order chi connectivity index (χ0) is 24.4. The van der Waals surface area contributed by atoms with E-state index in [0.717, 1.165) is 24.3 Å². The lowest BCUT2D eigenvalue weighted by Gasteiger charge is -2.31. The van der Waals surface area contributed by atoms with Gasteiger partial charge in [-0.2, -0.15) is 0 Å². The first kappa shape index (κ1) is 24.9. The third kappa shape index (κ3) is 5.26. The molecule has 0 bridgehead atoms. The summed E-state index contributed by atoms with van der Waals surface area (Å²) in [6, 6.07) is 17.0. The number of nitrogens with one attached hydrogen (secondary N) is 1. The van der Waals surface area contributed by atoms with Gasteiger partial charge in [-0.25, -0.2) is 0 Å². The summed E-state index contributed by atoms with van der Waals surface area (Å²) in [6.07, 6.45) is 1.57. The highest BCUT2D eigenvalue weighted by Crippen LogP contribution is 2.51. The van der Waals surface area contributed by atoms with E-state index in [9.17, 15) is 4.79 Å². The summed E-state index contributed by atoms with van der Waals surface area (Å²) in [5, 5.41) is 3.19. The van der Waals surface area contributed by atoms with Crippen LogP contribution in [0, 0.1) is 11.3 Å². The summed E-state index contributed by atoms with van der Waals surface area (Å²) in [5.74, 6) is 1.20. The van der Waals surface area contributed by atoms with E-state index in [4.69, 9.17) is 4.74 Å². The van der Waals surface area contributed by atoms with Crippen LogP contribution >= 0.6 is 0 Å². The van der Waals surface area contributed by atoms with Crippen molar-refractivity contribution in [1.82, 2.24) is 10.2 Å². The maximum absolute atomic E-state index is 13.7. The number of allylic oxidation sites excluding steroid dienone is 1. The second-order valence-electron chi connectivity index (χ2n) is 10.8. The van der Waals surface area contributed by atoms with Crippen LogP contribution in [0.15, 0.2) is 60.8 Å². The molecule has 4 nitrogen and oxygen atoms in total. The lowest BCUT2D eigenvalue weighted by atomic mass is 9.74. The van der Waals surface area contributed by atoms with Crippen LogP contribution in [-0.2, 0) is 16.6 Å². The average molecular weight is 449 g/mol. The van der Waals surface area contributed by atoms with Crippen molar-refractivity contribution in [2.45, 2.75) is 58.9 Å². The van der Waals surface area contributed by atoms with Gasteiger partial charge in [-0.1, -0.05) is 77.6 Å². The fraction of sp³-hybridized carbons (Fsp3) is 0.483. The fourth-order valence-corrected chi connectivity index (χ4v) is 4.88. The Kier molecular flexibility index (Phi) is 7.26. The van der Waals surface area contributed by atoms with Crippen molar-refractivity contribution in [3.05, 3.63) is 77.5 Å². The molecular weight excluding hydrogens is 408 g/mol. The van der Waals surface area contributed by atoms with Gasteiger partial charge in [0.1, 0.15) is 5.75 Å². The Morgan fingerprint density at radius 2 is 1.70 bits per heavy atom. The predicted octanol–water partition coefficient (Wildman–Crippen LogP) is 5.88. The molecule has 33 heavy (non-hydrogen) atoms. The van der Waals surface area contributed by atoms with E-state index < -0.39 is 5.41 Å². The minimum absolute atomic E-state index is 0.0184. The highest BCUT2D eigenvalue weighted by atomic mass is 16.5. The Hall–Kier alpha value is -2.75. The van der Waals surface area contributed by atoms with Gasteiger partial charge in [0.2, 0.25) is 5.91 Å². The number of rotatable bonds is 8. The lowest BCUT2D eigenvalue weighted by Crippen LogP contribution is -2.34. The first-order valence-electron chi connectivity index (χ1n) is 11.9. The molecule has 0 aromatic heterocycles. The molecule has 1 heterocycles. The highest BCUT2D eigenvalue weighted by Gasteiger charge is 2.53. The van der Waals surface area contributed by atoms with E-state index >= 15 is 0 Å². The summed E-state index contributed by atoms with van der Waals surface area (Å²) in [5.41, 5.74) is 4.30. The molecule has 1 fully saturated rings. The third-order valence-electron chi connectivity index (χ3n) is 7.19. The van der Waals surface area contributed by atoms with Crippen molar-refractivity contribution in [2.24, 2.45) is 11.3 Å². The lowest BCUT2D eigenvalue weighted by molar-refractivity contribution is -0.135. The number of likely N-dealkylation sites (tertiary alicyclic amines) is 1. The second kappa shape index (κ2) is 9.62. The monoisotopic (exact) mass is 448 g/mol. The Labute approximate surface area is 200 Å². The molecule has 4 heteroatoms. The van der Waals surface area contributed by atoms with Gasteiger partial charge >= 0.3 is 0 Å². The first-order valence-corrected chi connectivity index (χ1v) is 11.9. The Balaban J connectivity index is 1.95. The van der Waals surface area contributed by atoms with Gasteiger partial charge in [0.05, 0.1) is 13.2 Å². The van der Waals surface area contributed by atoms with Crippen molar-refractivity contribution in [1.29, 1.82) is 0 Å². The molecule has 0 radical (unpaired) electrons. The van der Waals surface area contributed by atoms with Gasteiger partial charge in [0, 0.05) is 30.6 Å². The van der Waals surface area contributed by atoms with E-state index in [1.165, 1.54) is 16.7 Å². The molecule has 3 rings (SSSR count). The number of carbonyl (C=O) groups is 1. The van der Waals surface area contributed by atoms with E-state index in [1.54, 1.807) is 7.11 Å². The van der Waals surface area contributed by atoms with Crippen LogP contribution in [0.25, 0.3) is 0 Å². The zero-order valence-electron chi connectivity index (χ0n) is 21.4. The summed E-state index contributed by atoms with van der Waals surface area (Å²) < 4.78 is 5.28. The summed E-state index contributed by atoms with van der Waals surface area (Å²) in [6.45, 7) is 15.7. The summed E-state index contributed by atoms with van der Waals surface area (Å²) in [4.78, 5) is 15.8. The van der Waals surface area contributed by atoms with Crippen LogP contribution in [0.1, 0.15) is 63.8 Å². The van der Waals surface area contributed by atoms with Crippen LogP contribution in [0.2, 0.25) is 0 Å². The number of hydrogen-bond acceptors (Lipinski definition) is 3. The minimum Gasteiger partial charge on any atom is -0.497 e. The molecule has 1 aliphatic rings. The smallest absolute Gasteiger partial charge is 0.229 e. The Morgan fingerprint density at radius 1 is 1.09 bits per heavy atom. The van der Waals surface area contributed by atoms with Crippen molar-refractivity contribution in [3.8, 4) is 5.75 Å². The number of hydrogen-bond donors (Lipinski definition) is 1. The summed E-state index contributed by atoms with van der Waals surface area (Å²) >= 11 is 0. The molecule has 2 aromatic rings. The number of amides is 1. The minimum atomic E-state index is -0.465. The number of ether oxygens (including phenoxy) is 1. The van der Waals surface area contributed by atoms with Gasteiger partial charge in [0.25, 0.3) is 0 Å². The molecule has 0 spiro atoms. The summed E-state index contributed by atoms with van der Waals surface area (Å²) in [7, 11) is 3.58. The Morgan fingerprint density at radius 3 is 2.21 bits per heavy atom. The molecule has 1 aliphatic heterocycles. The number of carbonyl (C=O) groups excluding carboxylic acids is 1. The largest absolute Gasteiger partial charge is 0.497 e. The molecule has 1 saturated heterocycles. The molecular formula is C29H40N2O2. The van der Waals surface area contributed by atoms with Gasteiger partial charge in [0.15, 0.2) is 0 Å². The molecule has 178 valence electrons. The first-order chi connectivity index (χ1) is 15.5. The van der Waals surface area contributed by atoms with Gasteiger partial charge in [-0.15, -0.1) is 0 Å². The highest BCUT2D eigenvalue weighted by molar-refractivity contribution is 5.85. The molecule has 2 atom stereocenters. The molecule has 2 unspecified atom stereocenters. The number of methoxy groups -OCH3 is 1. The molecule has 1 amide bonds. The quantitative estimate of drug-likeness (QED) is 0.548. The van der Waals surface area contributed by atoms with Crippen LogP contribution < -0.4 is 10.1 Å². The average Bonchev–Trinajstić information content (AvgIpc) is 2.97. The van der Waals surface area contributed by atoms with E-state index in [1.807, 2.05) is 19.2 Å². The van der Waals surface area contributed by atoms with E-state index in [0.29, 0.717) is 6.54 Å². The number of benzene rings is 2. The van der Waals surface area contributed by atoms with Crippen molar-refractivity contribution in [3.63, 3.8) is 0 Å². The SMILES string of the molecule is C=C(CC1C(c2ccc(C(C)(C)C)cc2)N(CCc2ccc(OC)cc2)C(=O)C1(C)C)NC. The van der Waals surface area contributed by atoms with Crippen LogP contribution in [-0.4, -0.2) is 31.5 Å². The molecule has 2 aromatic carbocycles. The second-order valence-corrected chi connectivity index (χ2v) is 10.8. The maximum Gasteiger partial charge on any atom is 0.229 e. The number of nitrogens with zero attached hydrogens (tertiary/aromatic N) is 1. The van der Waals surface area contributed by atoms with Gasteiger partial charge in [-0.3, -0.25) is 4.79 Å². The molecule has 0 saturated carbocycles. The topological polar surface area (TPSA) is 41.6 Å². The van der Waals surface area contributed by atoms with Crippen LogP contribution in [0.4, 0.5) is 0 Å². The van der Waals surface area contributed by atoms with Crippen molar-refractivity contribution < 1.29 is 9.53 Å². The fourth-order valence-electron chi connectivity index (χ4n) is 4.88. The van der Waals surface area contributed by atoms with Gasteiger partial charge in [-0.05, 0) is 47.1 Å². The standard InChI is InChI=1S/C29H40N2O2/c1-20(30-7)19-25-26(22-11-13-23(14-12-22)28(2,3)4)31(27(32)29(25,5)6)18-17-21-9-15-24(33-8)16-10-21/h9-16,25-26,30H,1,17-19H2,2-8H3. The van der Waals surface area contributed by atoms with E-state index in [-0.39, 0.29) is 23.3 Å². The van der Waals surface area contributed by atoms with E-state index in [2.05, 4.69) is 87.8 Å². The predicted molar refractivity (Wildman–Crippen MR) is 136 cm³/mol. The maximum atomic E-state index is 13.7. The third-order valence-corrected chi connectivity index (χ3v) is 7.19. The molecule has 1 N–H and O–H groups in total. The van der Waals surface area contributed by atoms with Crippen molar-refractivity contribution >= 4 is 5.91 Å². The van der Waals surface area contributed by atoms with Gasteiger partial charge < -0.3 is 15.0 Å².